The minimum atomic E-state index is -0.588. The van der Waals surface area contributed by atoms with E-state index in [0.717, 1.165) is 53.8 Å². The number of hydrogen-bond donors (Lipinski definition) is 2. The zero-order valence-electron chi connectivity index (χ0n) is 19.8. The van der Waals surface area contributed by atoms with Gasteiger partial charge < -0.3 is 15.4 Å². The lowest BCUT2D eigenvalue weighted by Gasteiger charge is -2.16. The van der Waals surface area contributed by atoms with Crippen LogP contribution >= 0.6 is 0 Å². The number of benzene rings is 2. The molecule has 1 aliphatic carbocycles. The normalized spacial score (nSPS) is 17.0. The van der Waals surface area contributed by atoms with E-state index >= 15 is 0 Å². The van der Waals surface area contributed by atoms with Crippen LogP contribution in [-0.4, -0.2) is 37.9 Å². The van der Waals surface area contributed by atoms with Crippen LogP contribution < -0.4 is 15.4 Å². The Morgan fingerprint density at radius 3 is 2.83 bits per heavy atom. The van der Waals surface area contributed by atoms with Gasteiger partial charge in [0.2, 0.25) is 5.95 Å². The molecule has 6 rings (SSSR count). The standard InChI is InChI=1S/C26H25F2N7O/c1-15-30-14-35(34-15)22-9-5-17-13-23(22)36-11-3-2-10-29-25-20-8-7-19(24(20)32-26(31-17)33-25)18-6-4-16(27)12-21(18)28/h4-6,9,12-14,19H,2-3,7-8,10-11H2,1H3,(H2,29,31,32,33). The first-order chi connectivity index (χ1) is 17.5. The molecule has 2 N–H and O–H groups in total. The third-order valence-electron chi connectivity index (χ3n) is 6.58. The maximum atomic E-state index is 14.7. The second kappa shape index (κ2) is 9.18. The van der Waals surface area contributed by atoms with Crippen molar-refractivity contribution in [3.05, 3.63) is 77.0 Å². The lowest BCUT2D eigenvalue weighted by atomic mass is 9.96. The summed E-state index contributed by atoms with van der Waals surface area (Å²) in [4.78, 5) is 13.8. The fraction of sp³-hybridized carbons (Fsp3) is 0.308. The number of nitrogens with zero attached hydrogens (tertiary/aromatic N) is 5. The van der Waals surface area contributed by atoms with Gasteiger partial charge in [0.1, 0.15) is 41.0 Å². The highest BCUT2D eigenvalue weighted by atomic mass is 19.1. The van der Waals surface area contributed by atoms with Gasteiger partial charge in [0.15, 0.2) is 0 Å². The summed E-state index contributed by atoms with van der Waals surface area (Å²) in [6.45, 7) is 3.11. The molecule has 4 bridgehead atoms. The zero-order chi connectivity index (χ0) is 24.6. The molecule has 2 aromatic heterocycles. The minimum absolute atomic E-state index is 0.266. The highest BCUT2D eigenvalue weighted by molar-refractivity contribution is 5.64. The lowest BCUT2D eigenvalue weighted by molar-refractivity contribution is 0.307. The first-order valence-corrected chi connectivity index (χ1v) is 12.1. The van der Waals surface area contributed by atoms with Crippen LogP contribution in [0.15, 0.2) is 42.7 Å². The SMILES string of the molecule is Cc1ncn(-c2ccc3cc2OCCCCNc2nc(nc4c2CCC4c2ccc(F)cc2F)N3)n1. The maximum absolute atomic E-state index is 14.7. The van der Waals surface area contributed by atoms with Crippen LogP contribution in [0.25, 0.3) is 5.69 Å². The molecule has 2 aliphatic rings. The average molecular weight is 490 g/mol. The molecule has 8 nitrogen and oxygen atoms in total. The quantitative estimate of drug-likeness (QED) is 0.407. The first kappa shape index (κ1) is 22.4. The van der Waals surface area contributed by atoms with E-state index in [1.54, 1.807) is 11.0 Å². The Kier molecular flexibility index (Phi) is 5.71. The van der Waals surface area contributed by atoms with Crippen LogP contribution in [0, 0.1) is 18.6 Å². The summed E-state index contributed by atoms with van der Waals surface area (Å²) in [6.07, 6.45) is 4.81. The van der Waals surface area contributed by atoms with E-state index in [1.165, 1.54) is 12.1 Å². The molecule has 1 aliphatic heterocycles. The van der Waals surface area contributed by atoms with Crippen LogP contribution in [0.2, 0.25) is 0 Å². The summed E-state index contributed by atoms with van der Waals surface area (Å²) in [5, 5.41) is 11.1. The van der Waals surface area contributed by atoms with Gasteiger partial charge in [-0.05, 0) is 56.4 Å². The number of hydrogen-bond acceptors (Lipinski definition) is 7. The Bertz CT molecular complexity index is 1440. The van der Waals surface area contributed by atoms with E-state index in [9.17, 15) is 8.78 Å². The number of rotatable bonds is 2. The number of halogens is 2. The van der Waals surface area contributed by atoms with Crippen molar-refractivity contribution in [2.24, 2.45) is 0 Å². The molecule has 4 aromatic rings. The van der Waals surface area contributed by atoms with E-state index in [-0.39, 0.29) is 5.92 Å². The van der Waals surface area contributed by atoms with Gasteiger partial charge in [0.05, 0.1) is 12.3 Å². The molecular formula is C26H25F2N7O. The molecule has 2 aromatic carbocycles. The van der Waals surface area contributed by atoms with Gasteiger partial charge in [-0.2, -0.15) is 10.1 Å². The molecule has 36 heavy (non-hydrogen) atoms. The molecule has 10 heteroatoms. The summed E-state index contributed by atoms with van der Waals surface area (Å²) < 4.78 is 36.0. The van der Waals surface area contributed by atoms with Crippen molar-refractivity contribution in [2.45, 2.75) is 38.5 Å². The van der Waals surface area contributed by atoms with Crippen molar-refractivity contribution in [2.75, 3.05) is 23.8 Å². The van der Waals surface area contributed by atoms with Crippen molar-refractivity contribution < 1.29 is 13.5 Å². The number of nitrogens with one attached hydrogen (secondary N) is 2. The van der Waals surface area contributed by atoms with Crippen LogP contribution in [0.5, 0.6) is 5.75 Å². The molecule has 3 heterocycles. The van der Waals surface area contributed by atoms with E-state index in [0.29, 0.717) is 42.7 Å². The van der Waals surface area contributed by atoms with Crippen molar-refractivity contribution >= 4 is 17.5 Å². The number of aryl methyl sites for hydroxylation is 1. The third-order valence-corrected chi connectivity index (χ3v) is 6.58. The molecule has 1 atom stereocenters. The zero-order valence-corrected chi connectivity index (χ0v) is 19.8. The van der Waals surface area contributed by atoms with Gasteiger partial charge in [0, 0.05) is 35.8 Å². The maximum Gasteiger partial charge on any atom is 0.229 e. The summed E-state index contributed by atoms with van der Waals surface area (Å²) >= 11 is 0. The molecular weight excluding hydrogens is 464 g/mol. The molecule has 0 spiro atoms. The van der Waals surface area contributed by atoms with Crippen LogP contribution in [0.1, 0.15) is 47.8 Å². The van der Waals surface area contributed by atoms with Crippen molar-refractivity contribution in [3.63, 3.8) is 0 Å². The fourth-order valence-corrected chi connectivity index (χ4v) is 4.85. The smallest absolute Gasteiger partial charge is 0.229 e. The average Bonchev–Trinajstić information content (AvgIpc) is 3.47. The second-order valence-corrected chi connectivity index (χ2v) is 9.04. The first-order valence-electron chi connectivity index (χ1n) is 12.1. The molecule has 0 amide bonds. The van der Waals surface area contributed by atoms with E-state index in [1.807, 2.05) is 25.1 Å². The summed E-state index contributed by atoms with van der Waals surface area (Å²) in [5.41, 5.74) is 3.74. The number of ether oxygens (including phenoxy) is 1. The van der Waals surface area contributed by atoms with Crippen LogP contribution in [0.3, 0.4) is 0 Å². The Morgan fingerprint density at radius 1 is 1.08 bits per heavy atom. The Labute approximate surface area is 206 Å². The van der Waals surface area contributed by atoms with E-state index < -0.39 is 11.6 Å². The topological polar surface area (TPSA) is 89.8 Å². The Morgan fingerprint density at radius 2 is 2.00 bits per heavy atom. The number of fused-ring (bicyclic) bond motifs is 6. The monoisotopic (exact) mass is 489 g/mol. The second-order valence-electron chi connectivity index (χ2n) is 9.04. The predicted molar refractivity (Wildman–Crippen MR) is 131 cm³/mol. The fourth-order valence-electron chi connectivity index (χ4n) is 4.85. The minimum Gasteiger partial charge on any atom is -0.491 e. The van der Waals surface area contributed by atoms with Gasteiger partial charge in [0.25, 0.3) is 0 Å². The van der Waals surface area contributed by atoms with Crippen molar-refractivity contribution in [3.8, 4) is 11.4 Å². The van der Waals surface area contributed by atoms with Crippen molar-refractivity contribution in [1.29, 1.82) is 0 Å². The van der Waals surface area contributed by atoms with Gasteiger partial charge in [-0.1, -0.05) is 6.07 Å². The number of anilines is 3. The van der Waals surface area contributed by atoms with Crippen LogP contribution in [-0.2, 0) is 6.42 Å². The molecule has 0 saturated carbocycles. The van der Waals surface area contributed by atoms with Gasteiger partial charge in [-0.25, -0.2) is 23.4 Å². The molecule has 0 saturated heterocycles. The summed E-state index contributed by atoms with van der Waals surface area (Å²) in [7, 11) is 0. The van der Waals surface area contributed by atoms with E-state index in [4.69, 9.17) is 14.7 Å². The highest BCUT2D eigenvalue weighted by Crippen LogP contribution is 2.41. The molecule has 0 fully saturated rings. The lowest BCUT2D eigenvalue weighted by Crippen LogP contribution is -2.11. The van der Waals surface area contributed by atoms with Crippen LogP contribution in [0.4, 0.5) is 26.2 Å². The van der Waals surface area contributed by atoms with Gasteiger partial charge in [-0.3, -0.25) is 0 Å². The van der Waals surface area contributed by atoms with Gasteiger partial charge in [-0.15, -0.1) is 0 Å². The molecule has 0 radical (unpaired) electrons. The summed E-state index contributed by atoms with van der Waals surface area (Å²) in [6, 6.07) is 9.45. The van der Waals surface area contributed by atoms with Gasteiger partial charge >= 0.3 is 0 Å². The van der Waals surface area contributed by atoms with Crippen molar-refractivity contribution in [1.82, 2.24) is 24.7 Å². The van der Waals surface area contributed by atoms with E-state index in [2.05, 4.69) is 20.7 Å². The highest BCUT2D eigenvalue weighted by Gasteiger charge is 2.31. The third kappa shape index (κ3) is 4.23. The number of aromatic nitrogens is 5. The summed E-state index contributed by atoms with van der Waals surface area (Å²) in [5.74, 6) is 1.09. The Balaban J connectivity index is 1.40. The molecule has 1 unspecified atom stereocenters. The Hall–Kier alpha value is -4.08. The predicted octanol–water partition coefficient (Wildman–Crippen LogP) is 5.05. The molecule has 184 valence electrons. The largest absolute Gasteiger partial charge is 0.491 e.